The van der Waals surface area contributed by atoms with Gasteiger partial charge in [-0.2, -0.15) is 4.31 Å². The molecular formula is C37H50N6O6S. The molecule has 13 heteroatoms. The zero-order valence-electron chi connectivity index (χ0n) is 29.5. The first-order chi connectivity index (χ1) is 23.8. The van der Waals surface area contributed by atoms with Gasteiger partial charge in [0.25, 0.3) is 0 Å². The Kier molecular flexibility index (Phi) is 13.5. The summed E-state index contributed by atoms with van der Waals surface area (Å²) in [6, 6.07) is 15.3. The SMILES string of the molecule is CCC(C)[C@@H](C(=O)N[C@@H](Cc1ccccc1)[C@H](O)CN(CC(C)C)S(=O)(=O)c1ccc(/C=N/O)cc1)N1CCN(Cc2cnccc2C)C1=O. The highest BCUT2D eigenvalue weighted by Gasteiger charge is 2.41. The van der Waals surface area contributed by atoms with E-state index in [1.54, 1.807) is 22.2 Å². The van der Waals surface area contributed by atoms with E-state index in [9.17, 15) is 23.1 Å². The summed E-state index contributed by atoms with van der Waals surface area (Å²) in [5, 5.41) is 26.7. The third kappa shape index (κ3) is 9.67. The molecule has 1 aliphatic rings. The summed E-state index contributed by atoms with van der Waals surface area (Å²) >= 11 is 0. The zero-order valence-corrected chi connectivity index (χ0v) is 30.3. The highest BCUT2D eigenvalue weighted by Crippen LogP contribution is 2.24. The number of urea groups is 1. The molecule has 0 aliphatic carbocycles. The first-order valence-electron chi connectivity index (χ1n) is 17.1. The van der Waals surface area contributed by atoms with Crippen molar-refractivity contribution in [1.29, 1.82) is 0 Å². The molecule has 3 amide bonds. The van der Waals surface area contributed by atoms with Crippen LogP contribution in [0, 0.1) is 18.8 Å². The maximum Gasteiger partial charge on any atom is 0.321 e. The van der Waals surface area contributed by atoms with Crippen molar-refractivity contribution >= 4 is 28.2 Å². The van der Waals surface area contributed by atoms with Gasteiger partial charge in [-0.25, -0.2) is 13.2 Å². The van der Waals surface area contributed by atoms with Gasteiger partial charge in [-0.1, -0.05) is 81.7 Å². The second-order valence-electron chi connectivity index (χ2n) is 13.4. The molecule has 0 saturated carbocycles. The molecule has 1 saturated heterocycles. The molecule has 1 aromatic heterocycles. The standard InChI is InChI=1S/C37H50N6O6S/c1-6-27(4)35(43-19-18-41(37(43)46)24-31-22-38-17-16-28(31)5)36(45)40-33(20-29-10-8-7-9-11-29)34(44)25-42(23-26(2)3)50(48,49)32-14-12-30(13-15-32)21-39-47/h7-17,21-22,26-27,33-35,44,47H,6,18-20,23-25H2,1-5H3,(H,40,45)/b39-21+/t27?,33-,34+,35-/m0/s1. The molecular weight excluding hydrogens is 657 g/mol. The minimum absolute atomic E-state index is 0.0273. The van der Waals surface area contributed by atoms with E-state index in [1.807, 2.05) is 71.0 Å². The van der Waals surface area contributed by atoms with Crippen LogP contribution in [0.3, 0.4) is 0 Å². The van der Waals surface area contributed by atoms with Crippen molar-refractivity contribution < 1.29 is 28.3 Å². The van der Waals surface area contributed by atoms with Gasteiger partial charge >= 0.3 is 6.03 Å². The number of benzene rings is 2. The highest BCUT2D eigenvalue weighted by molar-refractivity contribution is 7.89. The maximum atomic E-state index is 14.3. The fraction of sp³-hybridized carbons (Fsp3) is 0.459. The third-order valence-corrected chi connectivity index (χ3v) is 11.0. The number of rotatable bonds is 17. The number of carbonyl (C=O) groups is 2. The van der Waals surface area contributed by atoms with Crippen molar-refractivity contribution in [2.45, 2.75) is 77.1 Å². The molecule has 1 fully saturated rings. The minimum Gasteiger partial charge on any atom is -0.411 e. The number of sulfonamides is 1. The van der Waals surface area contributed by atoms with E-state index in [1.165, 1.54) is 34.8 Å². The molecule has 3 aromatic rings. The average molecular weight is 707 g/mol. The van der Waals surface area contributed by atoms with Crippen molar-refractivity contribution in [3.8, 4) is 0 Å². The molecule has 4 atom stereocenters. The van der Waals surface area contributed by atoms with Crippen LogP contribution in [0.2, 0.25) is 0 Å². The monoisotopic (exact) mass is 706 g/mol. The van der Waals surface area contributed by atoms with Crippen LogP contribution in [0.15, 0.2) is 83.1 Å². The molecule has 0 radical (unpaired) electrons. The van der Waals surface area contributed by atoms with Crippen LogP contribution in [-0.4, -0.2) is 100 Å². The molecule has 0 spiro atoms. The molecule has 1 aliphatic heterocycles. The maximum absolute atomic E-state index is 14.3. The molecule has 12 nitrogen and oxygen atoms in total. The van der Waals surface area contributed by atoms with E-state index in [0.29, 0.717) is 31.6 Å². The number of aliphatic hydroxyl groups excluding tert-OH is 1. The van der Waals surface area contributed by atoms with Gasteiger partial charge in [-0.3, -0.25) is 9.78 Å². The van der Waals surface area contributed by atoms with Crippen LogP contribution >= 0.6 is 0 Å². The lowest BCUT2D eigenvalue weighted by Gasteiger charge is -2.35. The topological polar surface area (TPSA) is 156 Å². The summed E-state index contributed by atoms with van der Waals surface area (Å²) in [5.41, 5.74) is 3.35. The second kappa shape index (κ2) is 17.6. The Hall–Kier alpha value is -4.33. The van der Waals surface area contributed by atoms with Crippen molar-refractivity contribution in [3.05, 3.63) is 95.3 Å². The molecule has 3 N–H and O–H groups in total. The summed E-state index contributed by atoms with van der Waals surface area (Å²) in [7, 11) is -4.06. The number of hydrogen-bond acceptors (Lipinski definition) is 8. The quantitative estimate of drug-likeness (QED) is 0.108. The van der Waals surface area contributed by atoms with Gasteiger partial charge in [-0.05, 0) is 65.6 Å². The van der Waals surface area contributed by atoms with Crippen molar-refractivity contribution in [1.82, 2.24) is 24.4 Å². The van der Waals surface area contributed by atoms with Gasteiger partial charge in [0.05, 0.1) is 23.3 Å². The Labute approximate surface area is 295 Å². The number of oxime groups is 1. The van der Waals surface area contributed by atoms with Gasteiger partial charge in [0.1, 0.15) is 6.04 Å². The fourth-order valence-corrected chi connectivity index (χ4v) is 7.80. The highest BCUT2D eigenvalue weighted by atomic mass is 32.2. The van der Waals surface area contributed by atoms with E-state index >= 15 is 0 Å². The first kappa shape index (κ1) is 38.5. The zero-order chi connectivity index (χ0) is 36.4. The number of aryl methyl sites for hydroxylation is 1. The molecule has 270 valence electrons. The number of carbonyl (C=O) groups excluding carboxylic acids is 2. The predicted molar refractivity (Wildman–Crippen MR) is 192 cm³/mol. The van der Waals surface area contributed by atoms with Gasteiger partial charge in [-0.15, -0.1) is 0 Å². The summed E-state index contributed by atoms with van der Waals surface area (Å²) in [4.78, 5) is 35.6. The summed E-state index contributed by atoms with van der Waals surface area (Å²) < 4.78 is 29.0. The molecule has 2 heterocycles. The third-order valence-electron chi connectivity index (χ3n) is 9.20. The number of pyridine rings is 1. The van der Waals surface area contributed by atoms with Crippen LogP contribution < -0.4 is 5.32 Å². The Bertz CT molecular complexity index is 1700. The largest absolute Gasteiger partial charge is 0.411 e. The average Bonchev–Trinajstić information content (AvgIpc) is 3.44. The van der Waals surface area contributed by atoms with Crippen molar-refractivity contribution in [3.63, 3.8) is 0 Å². The van der Waals surface area contributed by atoms with E-state index in [4.69, 9.17) is 5.21 Å². The van der Waals surface area contributed by atoms with E-state index in [2.05, 4.69) is 15.5 Å². The Morgan fingerprint density at radius 3 is 2.38 bits per heavy atom. The normalized spacial score (nSPS) is 16.3. The van der Waals surface area contributed by atoms with Crippen molar-refractivity contribution in [2.75, 3.05) is 26.2 Å². The Morgan fingerprint density at radius 1 is 1.06 bits per heavy atom. The lowest BCUT2D eigenvalue weighted by molar-refractivity contribution is -0.128. The first-order valence-corrected chi connectivity index (χ1v) is 18.5. The number of amides is 3. The van der Waals surface area contributed by atoms with Crippen molar-refractivity contribution in [2.24, 2.45) is 17.0 Å². The Balaban J connectivity index is 1.59. The van der Waals surface area contributed by atoms with E-state index < -0.39 is 34.1 Å². The van der Waals surface area contributed by atoms with Crippen LogP contribution in [0.1, 0.15) is 56.4 Å². The summed E-state index contributed by atoms with van der Waals surface area (Å²) in [6.07, 6.45) is 4.26. The minimum atomic E-state index is -4.06. The Morgan fingerprint density at radius 2 is 1.76 bits per heavy atom. The summed E-state index contributed by atoms with van der Waals surface area (Å²) in [5.74, 6) is -0.647. The van der Waals surface area contributed by atoms with Crippen LogP contribution in [0.4, 0.5) is 4.79 Å². The predicted octanol–water partition coefficient (Wildman–Crippen LogP) is 4.29. The van der Waals surface area contributed by atoms with Gasteiger partial charge in [0.2, 0.25) is 15.9 Å². The number of aliphatic hydroxyl groups is 1. The van der Waals surface area contributed by atoms with Gasteiger partial charge in [0.15, 0.2) is 0 Å². The van der Waals surface area contributed by atoms with Crippen LogP contribution in [0.25, 0.3) is 0 Å². The molecule has 4 rings (SSSR count). The fourth-order valence-electron chi connectivity index (χ4n) is 6.18. The molecule has 2 aromatic carbocycles. The summed E-state index contributed by atoms with van der Waals surface area (Å²) in [6.45, 7) is 10.7. The number of nitrogens with zero attached hydrogens (tertiary/aromatic N) is 5. The smallest absolute Gasteiger partial charge is 0.321 e. The molecule has 50 heavy (non-hydrogen) atoms. The van der Waals surface area contributed by atoms with Gasteiger partial charge in [0, 0.05) is 45.1 Å². The number of nitrogens with one attached hydrogen (secondary N) is 1. The van der Waals surface area contributed by atoms with Crippen LogP contribution in [0.5, 0.6) is 0 Å². The van der Waals surface area contributed by atoms with E-state index in [0.717, 1.165) is 16.7 Å². The van der Waals surface area contributed by atoms with Gasteiger partial charge < -0.3 is 25.4 Å². The lowest BCUT2D eigenvalue weighted by Crippen LogP contribution is -2.57. The van der Waals surface area contributed by atoms with E-state index in [-0.39, 0.29) is 42.3 Å². The molecule has 1 unspecified atom stereocenters. The number of aromatic nitrogens is 1. The molecule has 0 bridgehead atoms. The number of hydrogen-bond donors (Lipinski definition) is 3. The van der Waals surface area contributed by atoms with Crippen LogP contribution in [-0.2, 0) is 27.8 Å². The second-order valence-corrected chi connectivity index (χ2v) is 15.4. The lowest BCUT2D eigenvalue weighted by atomic mass is 9.95.